The Balaban J connectivity index is 0.00000338. The SMILES string of the molecule is CC(C)CCSc1ccc(C(=O)NC2CCNC(C)C2)cc1[N+](=O)[O-].Cl. The van der Waals surface area contributed by atoms with E-state index in [4.69, 9.17) is 0 Å². The number of hydrogen-bond acceptors (Lipinski definition) is 5. The summed E-state index contributed by atoms with van der Waals surface area (Å²) in [4.78, 5) is 24.0. The zero-order valence-corrected chi connectivity index (χ0v) is 17.1. The number of hydrogen-bond donors (Lipinski definition) is 2. The first kappa shape index (κ1) is 22.7. The molecule has 2 atom stereocenters. The summed E-state index contributed by atoms with van der Waals surface area (Å²) in [7, 11) is 0. The van der Waals surface area contributed by atoms with Gasteiger partial charge < -0.3 is 10.6 Å². The maximum absolute atomic E-state index is 12.4. The van der Waals surface area contributed by atoms with E-state index in [2.05, 4.69) is 31.4 Å². The Morgan fingerprint density at radius 1 is 1.46 bits per heavy atom. The number of nitrogens with zero attached hydrogens (tertiary/aromatic N) is 1. The van der Waals surface area contributed by atoms with Gasteiger partial charge >= 0.3 is 0 Å². The third-order valence-electron chi connectivity index (χ3n) is 4.33. The monoisotopic (exact) mass is 401 g/mol. The molecule has 146 valence electrons. The van der Waals surface area contributed by atoms with Gasteiger partial charge in [0.15, 0.2) is 0 Å². The van der Waals surface area contributed by atoms with Crippen LogP contribution >= 0.6 is 24.2 Å². The maximum atomic E-state index is 12.4. The van der Waals surface area contributed by atoms with E-state index < -0.39 is 4.92 Å². The predicted octanol–water partition coefficient (Wildman–Crippen LogP) is 4.03. The van der Waals surface area contributed by atoms with E-state index in [9.17, 15) is 14.9 Å². The molecule has 1 heterocycles. The summed E-state index contributed by atoms with van der Waals surface area (Å²) < 4.78 is 0. The summed E-state index contributed by atoms with van der Waals surface area (Å²) in [5.41, 5.74) is 0.367. The number of thioether (sulfide) groups is 1. The molecule has 0 spiro atoms. The summed E-state index contributed by atoms with van der Waals surface area (Å²) in [6.07, 6.45) is 2.75. The van der Waals surface area contributed by atoms with Gasteiger partial charge in [-0.3, -0.25) is 14.9 Å². The number of carbonyl (C=O) groups excluding carboxylic acids is 1. The average Bonchev–Trinajstić information content (AvgIpc) is 2.54. The quantitative estimate of drug-likeness (QED) is 0.409. The molecule has 0 aromatic heterocycles. The van der Waals surface area contributed by atoms with Gasteiger partial charge in [0.1, 0.15) is 0 Å². The fraction of sp³-hybridized carbons (Fsp3) is 0.611. The zero-order chi connectivity index (χ0) is 18.4. The van der Waals surface area contributed by atoms with Gasteiger partial charge in [-0.15, -0.1) is 24.2 Å². The van der Waals surface area contributed by atoms with Crippen molar-refractivity contribution in [3.63, 3.8) is 0 Å². The van der Waals surface area contributed by atoms with E-state index in [1.807, 2.05) is 0 Å². The lowest BCUT2D eigenvalue weighted by Crippen LogP contribution is -2.46. The zero-order valence-electron chi connectivity index (χ0n) is 15.5. The number of nitrogens with one attached hydrogen (secondary N) is 2. The lowest BCUT2D eigenvalue weighted by molar-refractivity contribution is -0.387. The molecule has 0 aliphatic carbocycles. The molecule has 26 heavy (non-hydrogen) atoms. The van der Waals surface area contributed by atoms with Crippen LogP contribution in [0.4, 0.5) is 5.69 Å². The van der Waals surface area contributed by atoms with Crippen LogP contribution in [0.2, 0.25) is 0 Å². The smallest absolute Gasteiger partial charge is 0.283 e. The van der Waals surface area contributed by atoms with Gasteiger partial charge in [0.25, 0.3) is 11.6 Å². The molecular formula is C18H28ClN3O3S. The fourth-order valence-corrected chi connectivity index (χ4v) is 4.11. The van der Waals surface area contributed by atoms with Crippen LogP contribution in [0, 0.1) is 16.0 Å². The van der Waals surface area contributed by atoms with Crippen molar-refractivity contribution in [2.75, 3.05) is 12.3 Å². The molecule has 0 saturated carbocycles. The number of benzene rings is 1. The topological polar surface area (TPSA) is 84.3 Å². The third kappa shape index (κ3) is 6.78. The average molecular weight is 402 g/mol. The lowest BCUT2D eigenvalue weighted by Gasteiger charge is -2.28. The minimum absolute atomic E-state index is 0. The molecule has 0 radical (unpaired) electrons. The highest BCUT2D eigenvalue weighted by molar-refractivity contribution is 7.99. The van der Waals surface area contributed by atoms with E-state index in [0.717, 1.165) is 31.6 Å². The van der Waals surface area contributed by atoms with Crippen molar-refractivity contribution >= 4 is 35.8 Å². The first-order chi connectivity index (χ1) is 11.9. The molecule has 0 bridgehead atoms. The summed E-state index contributed by atoms with van der Waals surface area (Å²) in [5.74, 6) is 1.15. The Kier molecular flexibility index (Phi) is 9.39. The van der Waals surface area contributed by atoms with Crippen LogP contribution in [0.1, 0.15) is 50.4 Å². The van der Waals surface area contributed by atoms with Crippen LogP contribution in [0.3, 0.4) is 0 Å². The third-order valence-corrected chi connectivity index (χ3v) is 5.43. The molecule has 2 N–H and O–H groups in total. The molecule has 2 rings (SSSR count). The molecule has 1 fully saturated rings. The van der Waals surface area contributed by atoms with Crippen LogP contribution in [-0.4, -0.2) is 35.2 Å². The summed E-state index contributed by atoms with van der Waals surface area (Å²) in [5, 5.41) is 17.7. The Hall–Kier alpha value is -1.31. The summed E-state index contributed by atoms with van der Waals surface area (Å²) >= 11 is 1.48. The summed E-state index contributed by atoms with van der Waals surface area (Å²) in [6, 6.07) is 5.27. The maximum Gasteiger partial charge on any atom is 0.283 e. The highest BCUT2D eigenvalue weighted by Crippen LogP contribution is 2.31. The van der Waals surface area contributed by atoms with Crippen LogP contribution in [-0.2, 0) is 0 Å². The molecule has 1 aromatic carbocycles. The number of rotatable bonds is 7. The van der Waals surface area contributed by atoms with Gasteiger partial charge in [0.2, 0.25) is 0 Å². The predicted molar refractivity (Wildman–Crippen MR) is 108 cm³/mol. The van der Waals surface area contributed by atoms with E-state index in [0.29, 0.717) is 22.4 Å². The molecule has 6 nitrogen and oxygen atoms in total. The molecular weight excluding hydrogens is 374 g/mol. The Morgan fingerprint density at radius 3 is 2.81 bits per heavy atom. The second-order valence-electron chi connectivity index (χ2n) is 7.02. The lowest BCUT2D eigenvalue weighted by atomic mass is 10.0. The van der Waals surface area contributed by atoms with Crippen molar-refractivity contribution in [1.82, 2.24) is 10.6 Å². The molecule has 8 heteroatoms. The molecule has 2 unspecified atom stereocenters. The van der Waals surface area contributed by atoms with Crippen LogP contribution in [0.5, 0.6) is 0 Å². The Morgan fingerprint density at radius 2 is 2.19 bits per heavy atom. The summed E-state index contributed by atoms with van der Waals surface area (Å²) in [6.45, 7) is 7.22. The second kappa shape index (κ2) is 10.7. The van der Waals surface area contributed by atoms with E-state index in [-0.39, 0.29) is 30.0 Å². The molecule has 1 amide bonds. The van der Waals surface area contributed by atoms with Crippen molar-refractivity contribution in [2.45, 2.75) is 57.0 Å². The van der Waals surface area contributed by atoms with Crippen molar-refractivity contribution in [1.29, 1.82) is 0 Å². The fourth-order valence-electron chi connectivity index (χ4n) is 2.86. The van der Waals surface area contributed by atoms with Crippen molar-refractivity contribution in [2.24, 2.45) is 5.92 Å². The molecule has 1 saturated heterocycles. The Bertz CT molecular complexity index is 628. The highest BCUT2D eigenvalue weighted by atomic mass is 35.5. The second-order valence-corrected chi connectivity index (χ2v) is 8.16. The molecule has 1 aromatic rings. The van der Waals surface area contributed by atoms with E-state index >= 15 is 0 Å². The number of halogens is 1. The van der Waals surface area contributed by atoms with Crippen LogP contribution in [0.25, 0.3) is 0 Å². The van der Waals surface area contributed by atoms with Gasteiger partial charge in [0.05, 0.1) is 9.82 Å². The highest BCUT2D eigenvalue weighted by Gasteiger charge is 2.22. The minimum atomic E-state index is -0.402. The molecule has 1 aliphatic heterocycles. The van der Waals surface area contributed by atoms with Gasteiger partial charge in [-0.2, -0.15) is 0 Å². The van der Waals surface area contributed by atoms with E-state index in [1.165, 1.54) is 17.8 Å². The minimum Gasteiger partial charge on any atom is -0.349 e. The number of nitro groups is 1. The number of carbonyl (C=O) groups is 1. The van der Waals surface area contributed by atoms with Gasteiger partial charge in [-0.1, -0.05) is 13.8 Å². The van der Waals surface area contributed by atoms with Gasteiger partial charge in [-0.05, 0) is 56.5 Å². The van der Waals surface area contributed by atoms with Crippen molar-refractivity contribution in [3.05, 3.63) is 33.9 Å². The Labute approximate surface area is 165 Å². The number of nitro benzene ring substituents is 1. The van der Waals surface area contributed by atoms with Gasteiger partial charge in [0, 0.05) is 23.7 Å². The van der Waals surface area contributed by atoms with Crippen molar-refractivity contribution < 1.29 is 9.72 Å². The normalized spacial score (nSPS) is 19.7. The first-order valence-electron chi connectivity index (χ1n) is 8.82. The van der Waals surface area contributed by atoms with Crippen molar-refractivity contribution in [3.8, 4) is 0 Å². The standard InChI is InChI=1S/C18H27N3O3S.ClH/c1-12(2)7-9-25-17-5-4-14(11-16(17)21(23)24)18(22)20-15-6-8-19-13(3)10-15;/h4-5,11-13,15,19H,6-10H2,1-3H3,(H,20,22);1H. The van der Waals surface area contributed by atoms with Crippen LogP contribution in [0.15, 0.2) is 23.1 Å². The largest absolute Gasteiger partial charge is 0.349 e. The number of amides is 1. The first-order valence-corrected chi connectivity index (χ1v) is 9.81. The van der Waals surface area contributed by atoms with Crippen LogP contribution < -0.4 is 10.6 Å². The van der Waals surface area contributed by atoms with E-state index in [1.54, 1.807) is 12.1 Å². The number of piperidine rings is 1. The van der Waals surface area contributed by atoms with Gasteiger partial charge in [-0.25, -0.2) is 0 Å². The molecule has 1 aliphatic rings.